The Morgan fingerprint density at radius 2 is 2.04 bits per heavy atom. The number of nitrogens with zero attached hydrogens (tertiary/aromatic N) is 2. The van der Waals surface area contributed by atoms with Crippen molar-refractivity contribution in [1.29, 1.82) is 0 Å². The van der Waals surface area contributed by atoms with Crippen LogP contribution in [-0.4, -0.2) is 72.1 Å². The zero-order chi connectivity index (χ0) is 18.9. The topological polar surface area (TPSA) is 87.2 Å². The van der Waals surface area contributed by atoms with Crippen molar-refractivity contribution >= 4 is 17.8 Å². The molecule has 3 aliphatic heterocycles. The van der Waals surface area contributed by atoms with Crippen LogP contribution in [0.5, 0.6) is 0 Å². The Balaban J connectivity index is 1.67. The molecule has 3 saturated heterocycles. The molecule has 2 amide bonds. The molecule has 146 valence electrons. The van der Waals surface area contributed by atoms with Crippen molar-refractivity contribution in [3.05, 3.63) is 0 Å². The monoisotopic (exact) mass is 366 g/mol. The largest absolute Gasteiger partial charge is 0.481 e. The average Bonchev–Trinajstić information content (AvgIpc) is 3.07. The molecule has 7 nitrogen and oxygen atoms in total. The molecule has 0 bridgehead atoms. The summed E-state index contributed by atoms with van der Waals surface area (Å²) in [5.41, 5.74) is -0.866. The smallest absolute Gasteiger partial charge is 0.311 e. The van der Waals surface area contributed by atoms with Gasteiger partial charge in [0, 0.05) is 44.6 Å². The Labute approximate surface area is 154 Å². The summed E-state index contributed by atoms with van der Waals surface area (Å²) >= 11 is 0. The van der Waals surface area contributed by atoms with Crippen LogP contribution in [0, 0.1) is 23.2 Å². The Kier molecular flexibility index (Phi) is 5.55. The van der Waals surface area contributed by atoms with E-state index in [0.29, 0.717) is 39.3 Å². The van der Waals surface area contributed by atoms with Crippen LogP contribution < -0.4 is 0 Å². The van der Waals surface area contributed by atoms with Gasteiger partial charge in [-0.3, -0.25) is 14.4 Å². The maximum absolute atomic E-state index is 13.1. The lowest BCUT2D eigenvalue weighted by molar-refractivity contribution is -0.157. The van der Waals surface area contributed by atoms with E-state index in [0.717, 1.165) is 19.3 Å². The van der Waals surface area contributed by atoms with Gasteiger partial charge in [0.05, 0.1) is 17.9 Å². The molecule has 3 aliphatic rings. The van der Waals surface area contributed by atoms with Gasteiger partial charge in [0.15, 0.2) is 0 Å². The van der Waals surface area contributed by atoms with Gasteiger partial charge in [-0.2, -0.15) is 0 Å². The number of hydrogen-bond acceptors (Lipinski definition) is 4. The van der Waals surface area contributed by atoms with Crippen LogP contribution in [0.2, 0.25) is 0 Å². The van der Waals surface area contributed by atoms with E-state index >= 15 is 0 Å². The number of hydrogen-bond donors (Lipinski definition) is 1. The minimum atomic E-state index is -0.866. The van der Waals surface area contributed by atoms with Crippen molar-refractivity contribution in [2.75, 3.05) is 39.4 Å². The number of ether oxygens (including phenoxy) is 1. The fourth-order valence-electron chi connectivity index (χ4n) is 4.59. The second kappa shape index (κ2) is 7.55. The van der Waals surface area contributed by atoms with Crippen molar-refractivity contribution in [2.24, 2.45) is 23.2 Å². The predicted molar refractivity (Wildman–Crippen MR) is 94.3 cm³/mol. The Morgan fingerprint density at radius 3 is 2.69 bits per heavy atom. The first-order chi connectivity index (χ1) is 12.4. The summed E-state index contributed by atoms with van der Waals surface area (Å²) in [4.78, 5) is 41.0. The minimum absolute atomic E-state index is 0.00155. The van der Waals surface area contributed by atoms with Gasteiger partial charge in [-0.15, -0.1) is 0 Å². The minimum Gasteiger partial charge on any atom is -0.481 e. The van der Waals surface area contributed by atoms with Crippen molar-refractivity contribution in [3.8, 4) is 0 Å². The third-order valence-corrected chi connectivity index (χ3v) is 6.56. The molecule has 4 atom stereocenters. The molecule has 1 N–H and O–H groups in total. The van der Waals surface area contributed by atoms with Crippen LogP contribution in [0.4, 0.5) is 0 Å². The number of carbonyl (C=O) groups excluding carboxylic acids is 2. The SMILES string of the molecule is CCC(C)C(=O)N1CCCC(C(=O)N2C[C@H]3COCC[C@@]3(C(=O)O)C2)C1. The first-order valence-electron chi connectivity index (χ1n) is 9.77. The zero-order valence-electron chi connectivity index (χ0n) is 15.8. The number of amides is 2. The van der Waals surface area contributed by atoms with Crippen LogP contribution in [-0.2, 0) is 19.1 Å². The maximum atomic E-state index is 13.1. The lowest BCUT2D eigenvalue weighted by Crippen LogP contribution is -2.48. The highest BCUT2D eigenvalue weighted by Gasteiger charge is 2.55. The van der Waals surface area contributed by atoms with Gasteiger partial charge in [0.1, 0.15) is 0 Å². The van der Waals surface area contributed by atoms with Crippen molar-refractivity contribution in [2.45, 2.75) is 39.5 Å². The van der Waals surface area contributed by atoms with Crippen LogP contribution in [0.3, 0.4) is 0 Å². The predicted octanol–water partition coefficient (Wildman–Crippen LogP) is 1.22. The molecule has 3 rings (SSSR count). The van der Waals surface area contributed by atoms with Gasteiger partial charge in [-0.1, -0.05) is 13.8 Å². The van der Waals surface area contributed by atoms with Gasteiger partial charge >= 0.3 is 5.97 Å². The summed E-state index contributed by atoms with van der Waals surface area (Å²) in [5.74, 6) is -1.08. The summed E-state index contributed by atoms with van der Waals surface area (Å²) in [6.07, 6.45) is 2.84. The molecule has 7 heteroatoms. The van der Waals surface area contributed by atoms with E-state index in [4.69, 9.17) is 4.74 Å². The van der Waals surface area contributed by atoms with Gasteiger partial charge < -0.3 is 19.6 Å². The molecular formula is C19H30N2O5. The molecule has 0 aliphatic carbocycles. The lowest BCUT2D eigenvalue weighted by atomic mass is 9.74. The maximum Gasteiger partial charge on any atom is 0.311 e. The van der Waals surface area contributed by atoms with E-state index in [9.17, 15) is 19.5 Å². The normalized spacial score (nSPS) is 32.8. The molecular weight excluding hydrogens is 336 g/mol. The quantitative estimate of drug-likeness (QED) is 0.808. The van der Waals surface area contributed by atoms with Crippen molar-refractivity contribution in [1.82, 2.24) is 9.80 Å². The molecule has 3 fully saturated rings. The number of rotatable bonds is 4. The Bertz CT molecular complexity index is 580. The van der Waals surface area contributed by atoms with E-state index in [1.165, 1.54) is 0 Å². The number of likely N-dealkylation sites (tertiary alicyclic amines) is 2. The zero-order valence-corrected chi connectivity index (χ0v) is 15.8. The summed E-state index contributed by atoms with van der Waals surface area (Å²) in [7, 11) is 0. The van der Waals surface area contributed by atoms with E-state index in [-0.39, 0.29) is 36.1 Å². The summed E-state index contributed by atoms with van der Waals surface area (Å²) in [6.45, 7) is 6.64. The molecule has 0 aromatic carbocycles. The van der Waals surface area contributed by atoms with E-state index in [1.54, 1.807) is 4.90 Å². The number of piperidine rings is 1. The average molecular weight is 366 g/mol. The highest BCUT2D eigenvalue weighted by molar-refractivity contribution is 5.84. The lowest BCUT2D eigenvalue weighted by Gasteiger charge is -2.35. The van der Waals surface area contributed by atoms with Gasteiger partial charge in [0.2, 0.25) is 11.8 Å². The third-order valence-electron chi connectivity index (χ3n) is 6.56. The van der Waals surface area contributed by atoms with Gasteiger partial charge in [0.25, 0.3) is 0 Å². The first-order valence-corrected chi connectivity index (χ1v) is 9.77. The molecule has 26 heavy (non-hydrogen) atoms. The van der Waals surface area contributed by atoms with Crippen LogP contribution in [0.1, 0.15) is 39.5 Å². The van der Waals surface area contributed by atoms with Crippen molar-refractivity contribution < 1.29 is 24.2 Å². The number of carbonyl (C=O) groups is 3. The second-order valence-electron chi connectivity index (χ2n) is 8.13. The Morgan fingerprint density at radius 1 is 1.27 bits per heavy atom. The fraction of sp³-hybridized carbons (Fsp3) is 0.842. The summed E-state index contributed by atoms with van der Waals surface area (Å²) in [5, 5.41) is 9.77. The molecule has 2 unspecified atom stereocenters. The number of aliphatic carboxylic acids is 1. The van der Waals surface area contributed by atoms with Crippen LogP contribution in [0.25, 0.3) is 0 Å². The van der Waals surface area contributed by atoms with Crippen LogP contribution >= 0.6 is 0 Å². The number of fused-ring (bicyclic) bond motifs is 1. The fourth-order valence-corrected chi connectivity index (χ4v) is 4.59. The third kappa shape index (κ3) is 3.33. The second-order valence-corrected chi connectivity index (χ2v) is 8.13. The highest BCUT2D eigenvalue weighted by atomic mass is 16.5. The standard InChI is InChI=1S/C19H30N2O5/c1-3-13(2)16(22)20-7-4-5-14(9-20)17(23)21-10-15-11-26-8-6-19(15,12-21)18(24)25/h13-15H,3-12H2,1-2H3,(H,24,25)/t13?,14?,15-,19+/m0/s1. The van der Waals surface area contributed by atoms with Crippen LogP contribution in [0.15, 0.2) is 0 Å². The first kappa shape index (κ1) is 19.1. The summed E-state index contributed by atoms with van der Waals surface area (Å²) in [6, 6.07) is 0. The molecule has 0 aromatic rings. The van der Waals surface area contributed by atoms with Crippen molar-refractivity contribution in [3.63, 3.8) is 0 Å². The molecule has 3 heterocycles. The van der Waals surface area contributed by atoms with Gasteiger partial charge in [-0.25, -0.2) is 0 Å². The Hall–Kier alpha value is -1.63. The molecule has 0 radical (unpaired) electrons. The highest BCUT2D eigenvalue weighted by Crippen LogP contribution is 2.43. The number of carboxylic acid groups (broad SMARTS) is 1. The molecule has 0 spiro atoms. The summed E-state index contributed by atoms with van der Waals surface area (Å²) < 4.78 is 5.47. The van der Waals surface area contributed by atoms with E-state index in [1.807, 2.05) is 18.7 Å². The molecule has 0 aromatic heterocycles. The molecule has 0 saturated carbocycles. The van der Waals surface area contributed by atoms with E-state index < -0.39 is 11.4 Å². The van der Waals surface area contributed by atoms with Gasteiger partial charge in [-0.05, 0) is 25.7 Å². The number of carboxylic acids is 1. The van der Waals surface area contributed by atoms with E-state index in [2.05, 4.69) is 0 Å².